The Morgan fingerprint density at radius 1 is 0.170 bits per heavy atom. The van der Waals surface area contributed by atoms with Crippen molar-refractivity contribution in [2.45, 2.75) is 316 Å². The summed E-state index contributed by atoms with van der Waals surface area (Å²) < 4.78 is 0. The van der Waals surface area contributed by atoms with Crippen molar-refractivity contribution < 1.29 is 0 Å². The van der Waals surface area contributed by atoms with Gasteiger partial charge in [-0.1, -0.05) is 316 Å². The maximum atomic E-state index is 2.32. The Bertz CT molecular complexity index is 453. The van der Waals surface area contributed by atoms with Crippen molar-refractivity contribution >= 4 is 0 Å². The summed E-state index contributed by atoms with van der Waals surface area (Å²) >= 11 is 0. The average molecular weight is 754 g/mol. The molecule has 0 heteroatoms. The number of unbranched alkanes of at least 4 members (excludes halogenated alkanes) is 5. The minimum atomic E-state index is 1.02. The first kappa shape index (κ1) is 62.2. The van der Waals surface area contributed by atoms with Crippen LogP contribution in [0.25, 0.3) is 0 Å². The fourth-order valence-corrected chi connectivity index (χ4v) is 8.13. The predicted octanol–water partition coefficient (Wildman–Crippen LogP) is 21.2. The van der Waals surface area contributed by atoms with Gasteiger partial charge in [-0.25, -0.2) is 0 Å². The van der Waals surface area contributed by atoms with E-state index < -0.39 is 0 Å². The van der Waals surface area contributed by atoms with Crippen LogP contribution in [0.15, 0.2) is 0 Å². The number of hydrogen-bond donors (Lipinski definition) is 0. The highest BCUT2D eigenvalue weighted by atomic mass is 14.1. The lowest BCUT2D eigenvalue weighted by molar-refractivity contribution is 0.398. The van der Waals surface area contributed by atoms with Gasteiger partial charge in [0.05, 0.1) is 0 Å². The zero-order valence-corrected chi connectivity index (χ0v) is 41.2. The molecule has 0 spiro atoms. The van der Waals surface area contributed by atoms with Gasteiger partial charge in [-0.3, -0.25) is 0 Å². The first-order valence-electron chi connectivity index (χ1n) is 25.7. The molecule has 53 heavy (non-hydrogen) atoms. The fraction of sp³-hybridized carbons (Fsp3) is 1.00. The molecule has 0 nitrogen and oxygen atoms in total. The molecule has 0 N–H and O–H groups in total. The second kappa shape index (κ2) is 58.7. The van der Waals surface area contributed by atoms with Crippen molar-refractivity contribution in [3.63, 3.8) is 0 Å². The summed E-state index contributed by atoms with van der Waals surface area (Å²) in [5, 5.41) is 0. The van der Waals surface area contributed by atoms with Crippen LogP contribution in [0.2, 0.25) is 0 Å². The molecule has 0 radical (unpaired) electrons. The van der Waals surface area contributed by atoms with Crippen LogP contribution >= 0.6 is 0 Å². The minimum absolute atomic E-state index is 1.02. The van der Waals surface area contributed by atoms with Gasteiger partial charge >= 0.3 is 0 Å². The van der Waals surface area contributed by atoms with E-state index in [-0.39, 0.29) is 0 Å². The smallest absolute Gasteiger partial charge is 0.0414 e. The Labute approximate surface area is 344 Å². The van der Waals surface area contributed by atoms with Crippen LogP contribution in [0.1, 0.15) is 316 Å². The molecule has 2 atom stereocenters. The summed E-state index contributed by atoms with van der Waals surface area (Å²) in [4.78, 5) is 0. The summed E-state index contributed by atoms with van der Waals surface area (Å²) in [6.07, 6.45) is 46.6. The Kier molecular flexibility index (Phi) is 68.9. The normalized spacial score (nSPS) is 11.9. The first-order chi connectivity index (χ1) is 25.7. The van der Waals surface area contributed by atoms with Gasteiger partial charge in [-0.05, 0) is 29.6 Å². The van der Waals surface area contributed by atoms with Gasteiger partial charge in [0.1, 0.15) is 0 Å². The Balaban J connectivity index is -0.000000181. The Morgan fingerprint density at radius 2 is 0.321 bits per heavy atom. The average Bonchev–Trinajstić information content (AvgIpc) is 3.16. The predicted molar refractivity (Wildman–Crippen MR) is 255 cm³/mol. The molecular weight excluding hydrogens is 637 g/mol. The third-order valence-electron chi connectivity index (χ3n) is 11.6. The molecule has 0 saturated heterocycles. The van der Waals surface area contributed by atoms with E-state index in [1.807, 2.05) is 0 Å². The van der Waals surface area contributed by atoms with Crippen molar-refractivity contribution in [2.24, 2.45) is 29.6 Å². The molecule has 0 aliphatic heterocycles. The molecule has 0 saturated carbocycles. The van der Waals surface area contributed by atoms with Crippen molar-refractivity contribution in [2.75, 3.05) is 0 Å². The molecular formula is C53H116. The van der Waals surface area contributed by atoms with Crippen molar-refractivity contribution in [1.82, 2.24) is 0 Å². The van der Waals surface area contributed by atoms with Crippen molar-refractivity contribution in [3.05, 3.63) is 0 Å². The highest BCUT2D eigenvalue weighted by Gasteiger charge is 2.07. The maximum Gasteiger partial charge on any atom is -0.0414 e. The summed E-state index contributed by atoms with van der Waals surface area (Å²) in [7, 11) is 0. The molecule has 0 heterocycles. The van der Waals surface area contributed by atoms with Crippen LogP contribution in [0.4, 0.5) is 0 Å². The number of hydrogen-bond acceptors (Lipinski definition) is 0. The highest BCUT2D eigenvalue weighted by molar-refractivity contribution is 4.60. The highest BCUT2D eigenvalue weighted by Crippen LogP contribution is 2.22. The lowest BCUT2D eigenvalue weighted by atomic mass is 9.93. The van der Waals surface area contributed by atoms with E-state index in [1.54, 1.807) is 0 Å². The molecule has 0 aromatic rings. The van der Waals surface area contributed by atoms with Gasteiger partial charge < -0.3 is 0 Å². The van der Waals surface area contributed by atoms with Gasteiger partial charge in [0, 0.05) is 0 Å². The van der Waals surface area contributed by atoms with E-state index in [1.165, 1.54) is 212 Å². The zero-order chi connectivity index (χ0) is 41.2. The summed E-state index contributed by atoms with van der Waals surface area (Å²) in [6.45, 7) is 34.4. The van der Waals surface area contributed by atoms with Crippen LogP contribution in [0, 0.1) is 29.6 Å². The van der Waals surface area contributed by atoms with E-state index in [2.05, 4.69) is 104 Å². The van der Waals surface area contributed by atoms with Gasteiger partial charge in [0.25, 0.3) is 0 Å². The van der Waals surface area contributed by atoms with Crippen LogP contribution < -0.4 is 0 Å². The summed E-state index contributed by atoms with van der Waals surface area (Å²) in [5.41, 5.74) is 0. The van der Waals surface area contributed by atoms with E-state index >= 15 is 0 Å². The van der Waals surface area contributed by atoms with E-state index in [9.17, 15) is 0 Å². The van der Waals surface area contributed by atoms with Crippen LogP contribution in [0.5, 0.6) is 0 Å². The van der Waals surface area contributed by atoms with Crippen LogP contribution in [0.3, 0.4) is 0 Å². The monoisotopic (exact) mass is 753 g/mol. The summed E-state index contributed by atoms with van der Waals surface area (Å²) in [6, 6.07) is 0. The van der Waals surface area contributed by atoms with Gasteiger partial charge in [0.2, 0.25) is 0 Å². The quantitative estimate of drug-likeness (QED) is 0.0626. The number of rotatable bonds is 33. The second-order valence-electron chi connectivity index (χ2n) is 17.2. The van der Waals surface area contributed by atoms with Crippen LogP contribution in [-0.2, 0) is 0 Å². The van der Waals surface area contributed by atoms with Gasteiger partial charge in [-0.15, -0.1) is 0 Å². The molecule has 0 bridgehead atoms. The first-order valence-corrected chi connectivity index (χ1v) is 25.7. The van der Waals surface area contributed by atoms with E-state index in [0.717, 1.165) is 29.6 Å². The van der Waals surface area contributed by atoms with E-state index in [4.69, 9.17) is 0 Å². The van der Waals surface area contributed by atoms with E-state index in [0.29, 0.717) is 0 Å². The molecule has 328 valence electrons. The summed E-state index contributed by atoms with van der Waals surface area (Å²) in [5.74, 6) is 5.13. The van der Waals surface area contributed by atoms with Crippen LogP contribution in [-0.4, -0.2) is 0 Å². The molecule has 0 fully saturated rings. The Hall–Kier alpha value is 0. The van der Waals surface area contributed by atoms with Gasteiger partial charge in [-0.2, -0.15) is 0 Å². The maximum absolute atomic E-state index is 2.32. The third kappa shape index (κ3) is 56.4. The van der Waals surface area contributed by atoms with Crippen molar-refractivity contribution in [3.8, 4) is 0 Å². The Morgan fingerprint density at radius 3 is 0.453 bits per heavy atom. The molecule has 0 aliphatic carbocycles. The molecule has 0 aromatic heterocycles. The van der Waals surface area contributed by atoms with Gasteiger partial charge in [0.15, 0.2) is 0 Å². The lowest BCUT2D eigenvalue weighted by Gasteiger charge is -2.13. The minimum Gasteiger partial charge on any atom is -0.0654 e. The fourth-order valence-electron chi connectivity index (χ4n) is 8.13. The standard InChI is InChI=1S/3C11H24.2C10H22/c3*1-4-7-10-11(8-5-2)9-6-3;2*1-4-7-9-10(6-3)8-5-2/h3*11H,4-10H2,1-3H3;2*10H,4-9H2,1-3H3. The third-order valence-corrected chi connectivity index (χ3v) is 11.6. The molecule has 0 aromatic carbocycles. The second-order valence-corrected chi connectivity index (χ2v) is 17.2. The van der Waals surface area contributed by atoms with Crippen molar-refractivity contribution in [1.29, 1.82) is 0 Å². The molecule has 2 unspecified atom stereocenters. The zero-order valence-electron chi connectivity index (χ0n) is 41.2. The largest absolute Gasteiger partial charge is 0.0654 e. The molecule has 0 rings (SSSR count). The SMILES string of the molecule is CCCCC(CC)CCC.CCCCC(CC)CCC.CCCCC(CCC)CCC.CCCCC(CCC)CCC.CCCCC(CCC)CCC. The topological polar surface area (TPSA) is 0 Å². The lowest BCUT2D eigenvalue weighted by Crippen LogP contribution is -1.99. The molecule has 0 amide bonds. The molecule has 0 aliphatic rings.